The normalized spacial score (nSPS) is 12.8. The summed E-state index contributed by atoms with van der Waals surface area (Å²) in [6, 6.07) is 3.58. The fourth-order valence-corrected chi connectivity index (χ4v) is 1.78. The lowest BCUT2D eigenvalue weighted by Crippen LogP contribution is -2.32. The molecule has 0 aliphatic heterocycles. The van der Waals surface area contributed by atoms with E-state index >= 15 is 0 Å². The van der Waals surface area contributed by atoms with Gasteiger partial charge in [0.1, 0.15) is 5.82 Å². The zero-order chi connectivity index (χ0) is 15.5. The number of alkyl halides is 3. The Balaban J connectivity index is 2.07. The van der Waals surface area contributed by atoms with Gasteiger partial charge in [-0.3, -0.25) is 0 Å². The van der Waals surface area contributed by atoms with E-state index in [-0.39, 0.29) is 5.69 Å². The first-order chi connectivity index (χ1) is 9.88. The Kier molecular flexibility index (Phi) is 4.15. The van der Waals surface area contributed by atoms with Crippen LogP contribution in [0.15, 0.2) is 36.7 Å². The maximum Gasteiger partial charge on any atom is 0.418 e. The van der Waals surface area contributed by atoms with E-state index in [4.69, 9.17) is 0 Å². The number of carbonyl (C=O) groups excluding carboxylic acids is 1. The number of hydrogen-bond donors (Lipinski definition) is 3. The average molecular weight is 298 g/mol. The topological polar surface area (TPSA) is 69.8 Å². The number of H-pyrrole nitrogens is 1. The van der Waals surface area contributed by atoms with E-state index in [1.165, 1.54) is 24.4 Å². The number of nitrogens with zero attached hydrogens (tertiary/aromatic N) is 1. The molecule has 1 unspecified atom stereocenters. The van der Waals surface area contributed by atoms with Crippen molar-refractivity contribution < 1.29 is 18.0 Å². The monoisotopic (exact) mass is 298 g/mol. The molecule has 1 aromatic heterocycles. The third-order valence-corrected chi connectivity index (χ3v) is 2.76. The van der Waals surface area contributed by atoms with Crippen molar-refractivity contribution >= 4 is 11.7 Å². The molecule has 1 heterocycles. The summed E-state index contributed by atoms with van der Waals surface area (Å²) in [5, 5.41) is 4.70. The molecule has 21 heavy (non-hydrogen) atoms. The largest absolute Gasteiger partial charge is 0.418 e. The van der Waals surface area contributed by atoms with Crippen LogP contribution in [0, 0.1) is 0 Å². The standard InChI is InChI=1S/C13H13F3N4O/c1-8(11-17-6-7-18-11)19-12(21)20-10-5-3-2-4-9(10)13(14,15)16/h2-8H,1H3,(H,17,18)(H2,19,20,21). The number of anilines is 1. The van der Waals surface area contributed by atoms with Crippen molar-refractivity contribution in [3.63, 3.8) is 0 Å². The van der Waals surface area contributed by atoms with Gasteiger partial charge in [0.2, 0.25) is 0 Å². The highest BCUT2D eigenvalue weighted by atomic mass is 19.4. The van der Waals surface area contributed by atoms with Gasteiger partial charge in [0.25, 0.3) is 0 Å². The molecule has 8 heteroatoms. The highest BCUT2D eigenvalue weighted by molar-refractivity contribution is 5.90. The van der Waals surface area contributed by atoms with Gasteiger partial charge >= 0.3 is 12.2 Å². The molecule has 0 radical (unpaired) electrons. The molecule has 0 aliphatic carbocycles. The Morgan fingerprint density at radius 1 is 1.33 bits per heavy atom. The summed E-state index contributed by atoms with van der Waals surface area (Å²) in [7, 11) is 0. The van der Waals surface area contributed by atoms with Crippen LogP contribution in [-0.4, -0.2) is 16.0 Å². The molecule has 2 amide bonds. The fraction of sp³-hybridized carbons (Fsp3) is 0.231. The lowest BCUT2D eigenvalue weighted by atomic mass is 10.1. The molecule has 0 spiro atoms. The van der Waals surface area contributed by atoms with E-state index in [0.717, 1.165) is 6.07 Å². The third-order valence-electron chi connectivity index (χ3n) is 2.76. The molecule has 2 aromatic rings. The first-order valence-corrected chi connectivity index (χ1v) is 6.11. The number of halogens is 3. The van der Waals surface area contributed by atoms with Gasteiger partial charge in [-0.1, -0.05) is 12.1 Å². The SMILES string of the molecule is CC(NC(=O)Nc1ccccc1C(F)(F)F)c1ncc[nH]1. The maximum atomic E-state index is 12.8. The first kappa shape index (κ1) is 14.9. The molecule has 1 aromatic carbocycles. The molecular weight excluding hydrogens is 285 g/mol. The number of imidazole rings is 1. The Labute approximate surface area is 118 Å². The minimum Gasteiger partial charge on any atom is -0.347 e. The average Bonchev–Trinajstić information content (AvgIpc) is 2.91. The van der Waals surface area contributed by atoms with Crippen molar-refractivity contribution in [3.05, 3.63) is 48.0 Å². The van der Waals surface area contributed by atoms with Gasteiger partial charge in [0, 0.05) is 12.4 Å². The predicted octanol–water partition coefficient (Wildman–Crippen LogP) is 3.31. The number of benzene rings is 1. The van der Waals surface area contributed by atoms with Crippen molar-refractivity contribution in [2.75, 3.05) is 5.32 Å². The lowest BCUT2D eigenvalue weighted by molar-refractivity contribution is -0.136. The summed E-state index contributed by atoms with van der Waals surface area (Å²) in [5.41, 5.74) is -1.19. The summed E-state index contributed by atoms with van der Waals surface area (Å²) in [4.78, 5) is 18.5. The third kappa shape index (κ3) is 3.74. The van der Waals surface area contributed by atoms with E-state index in [1.54, 1.807) is 13.1 Å². The zero-order valence-corrected chi connectivity index (χ0v) is 11.0. The second-order valence-corrected chi connectivity index (χ2v) is 4.34. The number of amides is 2. The van der Waals surface area contributed by atoms with Crippen molar-refractivity contribution in [2.45, 2.75) is 19.1 Å². The molecule has 2 rings (SSSR count). The minimum absolute atomic E-state index is 0.297. The number of nitrogens with one attached hydrogen (secondary N) is 3. The number of aromatic nitrogens is 2. The molecule has 0 aliphatic rings. The van der Waals surface area contributed by atoms with Crippen LogP contribution in [0.2, 0.25) is 0 Å². The highest BCUT2D eigenvalue weighted by Crippen LogP contribution is 2.34. The Morgan fingerprint density at radius 3 is 2.67 bits per heavy atom. The van der Waals surface area contributed by atoms with Gasteiger partial charge in [0.15, 0.2) is 0 Å². The number of urea groups is 1. The molecule has 112 valence electrons. The molecule has 5 nitrogen and oxygen atoms in total. The number of aromatic amines is 1. The van der Waals surface area contributed by atoms with Gasteiger partial charge in [-0.15, -0.1) is 0 Å². The van der Waals surface area contributed by atoms with Crippen LogP contribution < -0.4 is 10.6 Å². The van der Waals surface area contributed by atoms with E-state index in [1.807, 2.05) is 0 Å². The first-order valence-electron chi connectivity index (χ1n) is 6.11. The van der Waals surface area contributed by atoms with Crippen molar-refractivity contribution in [3.8, 4) is 0 Å². The summed E-state index contributed by atoms with van der Waals surface area (Å²) < 4.78 is 38.4. The molecule has 0 saturated heterocycles. The molecule has 0 bridgehead atoms. The molecule has 0 saturated carbocycles. The van der Waals surface area contributed by atoms with E-state index in [9.17, 15) is 18.0 Å². The van der Waals surface area contributed by atoms with Crippen LogP contribution in [0.3, 0.4) is 0 Å². The fourth-order valence-electron chi connectivity index (χ4n) is 1.78. The van der Waals surface area contributed by atoms with Gasteiger partial charge in [0.05, 0.1) is 17.3 Å². The smallest absolute Gasteiger partial charge is 0.347 e. The van der Waals surface area contributed by atoms with E-state index < -0.39 is 23.8 Å². The summed E-state index contributed by atoms with van der Waals surface area (Å²) in [5.74, 6) is 0.509. The number of para-hydroxylation sites is 1. The van der Waals surface area contributed by atoms with Crippen molar-refractivity contribution in [1.82, 2.24) is 15.3 Å². The van der Waals surface area contributed by atoms with E-state index in [2.05, 4.69) is 20.6 Å². The van der Waals surface area contributed by atoms with Crippen LogP contribution in [0.25, 0.3) is 0 Å². The predicted molar refractivity (Wildman–Crippen MR) is 70.6 cm³/mol. The van der Waals surface area contributed by atoms with Crippen LogP contribution in [0.1, 0.15) is 24.4 Å². The Morgan fingerprint density at radius 2 is 2.05 bits per heavy atom. The van der Waals surface area contributed by atoms with Crippen LogP contribution in [0.5, 0.6) is 0 Å². The molecular formula is C13H13F3N4O. The number of rotatable bonds is 3. The summed E-state index contributed by atoms with van der Waals surface area (Å²) in [6.45, 7) is 1.66. The molecule has 0 fully saturated rings. The lowest BCUT2D eigenvalue weighted by Gasteiger charge is -2.16. The number of hydrogen-bond acceptors (Lipinski definition) is 2. The van der Waals surface area contributed by atoms with Gasteiger partial charge in [-0.05, 0) is 19.1 Å². The number of carbonyl (C=O) groups is 1. The van der Waals surface area contributed by atoms with Crippen molar-refractivity contribution in [1.29, 1.82) is 0 Å². The van der Waals surface area contributed by atoms with Crippen LogP contribution >= 0.6 is 0 Å². The zero-order valence-electron chi connectivity index (χ0n) is 11.0. The van der Waals surface area contributed by atoms with Crippen LogP contribution in [0.4, 0.5) is 23.7 Å². The van der Waals surface area contributed by atoms with E-state index in [0.29, 0.717) is 5.82 Å². The summed E-state index contributed by atoms with van der Waals surface area (Å²) in [6.07, 6.45) is -1.43. The molecule has 3 N–H and O–H groups in total. The van der Waals surface area contributed by atoms with Gasteiger partial charge in [-0.25, -0.2) is 9.78 Å². The van der Waals surface area contributed by atoms with Crippen LogP contribution in [-0.2, 0) is 6.18 Å². The van der Waals surface area contributed by atoms with Gasteiger partial charge < -0.3 is 15.6 Å². The Hall–Kier alpha value is -2.51. The second-order valence-electron chi connectivity index (χ2n) is 4.34. The Bertz CT molecular complexity index is 610. The highest BCUT2D eigenvalue weighted by Gasteiger charge is 2.33. The molecule has 1 atom stereocenters. The van der Waals surface area contributed by atoms with Gasteiger partial charge in [-0.2, -0.15) is 13.2 Å². The maximum absolute atomic E-state index is 12.8. The summed E-state index contributed by atoms with van der Waals surface area (Å²) >= 11 is 0. The second kappa shape index (κ2) is 5.86. The van der Waals surface area contributed by atoms with Crippen molar-refractivity contribution in [2.24, 2.45) is 0 Å². The minimum atomic E-state index is -4.53. The quantitative estimate of drug-likeness (QED) is 0.813.